The molecule has 1 aromatic heterocycles. The standard InChI is InChI=1S/C12H9BrCl3NS/c1-17-11(9-5-10(15)18-12(9)16)6-2-7(13)4-8(14)3-6/h2-5,11,17H,1H3. The summed E-state index contributed by atoms with van der Waals surface area (Å²) in [5.74, 6) is 0. The van der Waals surface area contributed by atoms with Crippen LogP contribution in [0.3, 0.4) is 0 Å². The van der Waals surface area contributed by atoms with Gasteiger partial charge in [-0.15, -0.1) is 11.3 Å². The third kappa shape index (κ3) is 3.21. The molecule has 1 aromatic carbocycles. The van der Waals surface area contributed by atoms with Crippen LogP contribution in [0.25, 0.3) is 0 Å². The number of thiophene rings is 1. The maximum Gasteiger partial charge on any atom is 0.0995 e. The van der Waals surface area contributed by atoms with Crippen LogP contribution < -0.4 is 5.32 Å². The van der Waals surface area contributed by atoms with Crippen LogP contribution in [0.1, 0.15) is 17.2 Å². The van der Waals surface area contributed by atoms with Crippen LogP contribution in [0, 0.1) is 0 Å². The molecule has 2 rings (SSSR count). The zero-order chi connectivity index (χ0) is 13.3. The second-order valence-electron chi connectivity index (χ2n) is 3.70. The number of halogens is 4. The highest BCUT2D eigenvalue weighted by Gasteiger charge is 2.18. The van der Waals surface area contributed by atoms with Gasteiger partial charge in [-0.1, -0.05) is 50.7 Å². The van der Waals surface area contributed by atoms with E-state index in [4.69, 9.17) is 34.8 Å². The zero-order valence-corrected chi connectivity index (χ0v) is 14.0. The lowest BCUT2D eigenvalue weighted by atomic mass is 10.0. The molecule has 1 heterocycles. The lowest BCUT2D eigenvalue weighted by Gasteiger charge is -2.17. The van der Waals surface area contributed by atoms with Crippen LogP contribution in [0.15, 0.2) is 28.7 Å². The van der Waals surface area contributed by atoms with Gasteiger partial charge in [0.25, 0.3) is 0 Å². The zero-order valence-electron chi connectivity index (χ0n) is 9.31. The summed E-state index contributed by atoms with van der Waals surface area (Å²) in [6, 6.07) is 7.62. The highest BCUT2D eigenvalue weighted by molar-refractivity contribution is 9.10. The van der Waals surface area contributed by atoms with E-state index in [0.29, 0.717) is 13.7 Å². The van der Waals surface area contributed by atoms with Crippen molar-refractivity contribution in [2.45, 2.75) is 6.04 Å². The van der Waals surface area contributed by atoms with Crippen LogP contribution in [0.5, 0.6) is 0 Å². The van der Waals surface area contributed by atoms with E-state index < -0.39 is 0 Å². The summed E-state index contributed by atoms with van der Waals surface area (Å²) in [6.45, 7) is 0. The van der Waals surface area contributed by atoms with Gasteiger partial charge in [0.1, 0.15) is 0 Å². The Kier molecular flexibility index (Phi) is 4.98. The predicted octanol–water partition coefficient (Wildman–Crippen LogP) is 5.78. The summed E-state index contributed by atoms with van der Waals surface area (Å²) < 4.78 is 2.30. The van der Waals surface area contributed by atoms with Crippen LogP contribution >= 0.6 is 62.1 Å². The molecule has 0 saturated carbocycles. The first kappa shape index (κ1) is 14.6. The van der Waals surface area contributed by atoms with Gasteiger partial charge in [0.05, 0.1) is 14.7 Å². The summed E-state index contributed by atoms with van der Waals surface area (Å²) in [5.41, 5.74) is 2.00. The van der Waals surface area contributed by atoms with Crippen LogP contribution in [-0.2, 0) is 0 Å². The number of benzene rings is 1. The third-order valence-corrected chi connectivity index (χ3v) is 4.70. The van der Waals surface area contributed by atoms with Gasteiger partial charge in [-0.3, -0.25) is 0 Å². The van der Waals surface area contributed by atoms with Crippen molar-refractivity contribution in [2.75, 3.05) is 7.05 Å². The molecule has 1 unspecified atom stereocenters. The summed E-state index contributed by atoms with van der Waals surface area (Å²) in [6.07, 6.45) is 0. The quantitative estimate of drug-likeness (QED) is 0.706. The van der Waals surface area contributed by atoms with E-state index in [1.807, 2.05) is 31.3 Å². The van der Waals surface area contributed by atoms with E-state index >= 15 is 0 Å². The molecule has 0 spiro atoms. The molecule has 18 heavy (non-hydrogen) atoms. The van der Waals surface area contributed by atoms with Crippen molar-refractivity contribution in [3.8, 4) is 0 Å². The number of nitrogens with one attached hydrogen (secondary N) is 1. The highest BCUT2D eigenvalue weighted by Crippen LogP contribution is 2.38. The SMILES string of the molecule is CNC(c1cc(Cl)cc(Br)c1)c1cc(Cl)sc1Cl. The van der Waals surface area contributed by atoms with Crippen LogP contribution in [0.4, 0.5) is 0 Å². The van der Waals surface area contributed by atoms with Gasteiger partial charge in [-0.25, -0.2) is 0 Å². The average molecular weight is 386 g/mol. The number of rotatable bonds is 3. The maximum atomic E-state index is 6.20. The van der Waals surface area contributed by atoms with Crippen molar-refractivity contribution in [3.63, 3.8) is 0 Å². The van der Waals surface area contributed by atoms with Gasteiger partial charge >= 0.3 is 0 Å². The Morgan fingerprint density at radius 1 is 1.17 bits per heavy atom. The fraction of sp³-hybridized carbons (Fsp3) is 0.167. The molecule has 0 aliphatic rings. The smallest absolute Gasteiger partial charge is 0.0995 e. The van der Waals surface area contributed by atoms with Crippen molar-refractivity contribution in [2.24, 2.45) is 0 Å². The Bertz CT molecular complexity index is 550. The van der Waals surface area contributed by atoms with E-state index in [0.717, 1.165) is 15.6 Å². The number of hydrogen-bond acceptors (Lipinski definition) is 2. The summed E-state index contributed by atoms with van der Waals surface area (Å²) in [7, 11) is 1.88. The first-order valence-electron chi connectivity index (χ1n) is 5.09. The molecule has 96 valence electrons. The minimum Gasteiger partial charge on any atom is -0.309 e. The van der Waals surface area contributed by atoms with Crippen molar-refractivity contribution >= 4 is 62.1 Å². The van der Waals surface area contributed by atoms with Gasteiger partial charge in [0.15, 0.2) is 0 Å². The van der Waals surface area contributed by atoms with Crippen molar-refractivity contribution in [3.05, 3.63) is 53.6 Å². The molecule has 0 radical (unpaired) electrons. The molecule has 0 aliphatic heterocycles. The molecule has 6 heteroatoms. The second kappa shape index (κ2) is 6.12. The van der Waals surface area contributed by atoms with Crippen LogP contribution in [0.2, 0.25) is 13.7 Å². The third-order valence-electron chi connectivity index (χ3n) is 2.50. The van der Waals surface area contributed by atoms with E-state index in [1.165, 1.54) is 11.3 Å². The molecule has 0 aliphatic carbocycles. The first-order valence-corrected chi connectivity index (χ1v) is 7.83. The lowest BCUT2D eigenvalue weighted by Crippen LogP contribution is -2.17. The monoisotopic (exact) mass is 383 g/mol. The van der Waals surface area contributed by atoms with E-state index in [-0.39, 0.29) is 6.04 Å². The van der Waals surface area contributed by atoms with E-state index in [2.05, 4.69) is 21.2 Å². The Morgan fingerprint density at radius 3 is 2.39 bits per heavy atom. The minimum absolute atomic E-state index is 0.0313. The fourth-order valence-electron chi connectivity index (χ4n) is 1.79. The summed E-state index contributed by atoms with van der Waals surface area (Å²) in [4.78, 5) is 0. The molecule has 2 aromatic rings. The molecule has 1 N–H and O–H groups in total. The molecule has 1 nitrogen and oxygen atoms in total. The summed E-state index contributed by atoms with van der Waals surface area (Å²) in [5, 5.41) is 3.91. The molecule has 0 amide bonds. The normalized spacial score (nSPS) is 12.7. The van der Waals surface area contributed by atoms with Gasteiger partial charge < -0.3 is 5.32 Å². The predicted molar refractivity (Wildman–Crippen MR) is 84.4 cm³/mol. The molecule has 0 saturated heterocycles. The Hall–Kier alpha value is 0.230. The van der Waals surface area contributed by atoms with Crippen molar-refractivity contribution in [1.29, 1.82) is 0 Å². The van der Waals surface area contributed by atoms with Gasteiger partial charge in [-0.2, -0.15) is 0 Å². The lowest BCUT2D eigenvalue weighted by molar-refractivity contribution is 0.694. The number of hydrogen-bond donors (Lipinski definition) is 1. The largest absolute Gasteiger partial charge is 0.309 e. The first-order chi connectivity index (χ1) is 8.51. The molecular formula is C12H9BrCl3NS. The molecular weight excluding hydrogens is 376 g/mol. The van der Waals surface area contributed by atoms with Gasteiger partial charge in [-0.05, 0) is 36.9 Å². The highest BCUT2D eigenvalue weighted by atomic mass is 79.9. The Labute approximate surface area is 133 Å². The van der Waals surface area contributed by atoms with Gasteiger partial charge in [0, 0.05) is 15.1 Å². The molecule has 0 fully saturated rings. The fourth-order valence-corrected chi connectivity index (χ4v) is 4.21. The van der Waals surface area contributed by atoms with Crippen LogP contribution in [-0.4, -0.2) is 7.05 Å². The minimum atomic E-state index is -0.0313. The average Bonchev–Trinajstić information content (AvgIpc) is 2.58. The Balaban J connectivity index is 2.48. The Morgan fingerprint density at radius 2 is 1.89 bits per heavy atom. The van der Waals surface area contributed by atoms with E-state index in [1.54, 1.807) is 0 Å². The molecule has 0 bridgehead atoms. The van der Waals surface area contributed by atoms with E-state index in [9.17, 15) is 0 Å². The van der Waals surface area contributed by atoms with Crippen molar-refractivity contribution in [1.82, 2.24) is 5.32 Å². The van der Waals surface area contributed by atoms with Crippen molar-refractivity contribution < 1.29 is 0 Å². The van der Waals surface area contributed by atoms with Gasteiger partial charge in [0.2, 0.25) is 0 Å². The summed E-state index contributed by atoms with van der Waals surface area (Å²) >= 11 is 23.1. The second-order valence-corrected chi connectivity index (χ2v) is 7.34. The maximum absolute atomic E-state index is 6.20. The molecule has 1 atom stereocenters. The topological polar surface area (TPSA) is 12.0 Å².